The molecule has 0 saturated carbocycles. The molecular formula is C22H24N2O3S. The van der Waals surface area contributed by atoms with Crippen LogP contribution in [0.3, 0.4) is 0 Å². The van der Waals surface area contributed by atoms with E-state index in [0.29, 0.717) is 24.6 Å². The molecular weight excluding hydrogens is 372 g/mol. The maximum Gasteiger partial charge on any atom is 0.226 e. The van der Waals surface area contributed by atoms with Gasteiger partial charge in [-0.15, -0.1) is 11.3 Å². The summed E-state index contributed by atoms with van der Waals surface area (Å²) in [6.45, 7) is 4.55. The zero-order valence-electron chi connectivity index (χ0n) is 16.3. The number of rotatable bonds is 8. The third-order valence-electron chi connectivity index (χ3n) is 4.28. The van der Waals surface area contributed by atoms with E-state index in [0.717, 1.165) is 33.9 Å². The van der Waals surface area contributed by atoms with E-state index in [9.17, 15) is 4.79 Å². The van der Waals surface area contributed by atoms with Crippen LogP contribution in [0.5, 0.6) is 11.5 Å². The van der Waals surface area contributed by atoms with Crippen LogP contribution >= 0.6 is 11.3 Å². The Kier molecular flexibility index (Phi) is 6.66. The number of methoxy groups -OCH3 is 1. The molecule has 0 saturated heterocycles. The van der Waals surface area contributed by atoms with Gasteiger partial charge in [-0.1, -0.05) is 24.3 Å². The smallest absolute Gasteiger partial charge is 0.226 e. The fourth-order valence-corrected chi connectivity index (χ4v) is 3.50. The standard InChI is InChI=1S/C22H24N2O3S/c1-15-10-11-16(2)20(13-15)27-12-6-9-21(25)24-22-23-18(14-28-22)17-7-4-5-8-19(17)26-3/h4-5,7-8,10-11,13-14H,6,9,12H2,1-3H3,(H,23,24,25). The maximum atomic E-state index is 12.2. The summed E-state index contributed by atoms with van der Waals surface area (Å²) >= 11 is 1.40. The Hall–Kier alpha value is -2.86. The molecule has 0 bridgehead atoms. The molecule has 146 valence electrons. The summed E-state index contributed by atoms with van der Waals surface area (Å²) in [5, 5.41) is 5.36. The summed E-state index contributed by atoms with van der Waals surface area (Å²) in [7, 11) is 1.63. The number of amides is 1. The zero-order chi connectivity index (χ0) is 19.9. The van der Waals surface area contributed by atoms with Crippen LogP contribution in [-0.4, -0.2) is 24.6 Å². The monoisotopic (exact) mass is 396 g/mol. The van der Waals surface area contributed by atoms with Gasteiger partial charge in [0.25, 0.3) is 0 Å². The van der Waals surface area contributed by atoms with E-state index in [-0.39, 0.29) is 5.91 Å². The Balaban J connectivity index is 1.49. The van der Waals surface area contributed by atoms with Crippen LogP contribution in [0.4, 0.5) is 5.13 Å². The van der Waals surface area contributed by atoms with Crippen molar-refractivity contribution < 1.29 is 14.3 Å². The van der Waals surface area contributed by atoms with Crippen molar-refractivity contribution in [3.05, 3.63) is 59.0 Å². The molecule has 0 unspecified atom stereocenters. The van der Waals surface area contributed by atoms with Gasteiger partial charge >= 0.3 is 0 Å². The normalized spacial score (nSPS) is 10.5. The number of hydrogen-bond donors (Lipinski definition) is 1. The third kappa shape index (κ3) is 5.10. The average Bonchev–Trinajstić information content (AvgIpc) is 3.16. The molecule has 0 aliphatic rings. The van der Waals surface area contributed by atoms with E-state index in [1.807, 2.05) is 55.6 Å². The Morgan fingerprint density at radius 1 is 1.14 bits per heavy atom. The van der Waals surface area contributed by atoms with Crippen LogP contribution in [0, 0.1) is 13.8 Å². The maximum absolute atomic E-state index is 12.2. The number of ether oxygens (including phenoxy) is 2. The molecule has 28 heavy (non-hydrogen) atoms. The second-order valence-electron chi connectivity index (χ2n) is 6.51. The summed E-state index contributed by atoms with van der Waals surface area (Å²) in [6, 6.07) is 13.8. The van der Waals surface area contributed by atoms with Gasteiger partial charge in [0.15, 0.2) is 5.13 Å². The predicted octanol–water partition coefficient (Wildman–Crippen LogP) is 5.23. The lowest BCUT2D eigenvalue weighted by Gasteiger charge is -2.09. The van der Waals surface area contributed by atoms with Crippen molar-refractivity contribution in [3.8, 4) is 22.8 Å². The lowest BCUT2D eigenvalue weighted by Crippen LogP contribution is -2.12. The van der Waals surface area contributed by atoms with E-state index in [2.05, 4.69) is 16.4 Å². The number of aromatic nitrogens is 1. The number of nitrogens with zero attached hydrogens (tertiary/aromatic N) is 1. The zero-order valence-corrected chi connectivity index (χ0v) is 17.1. The van der Waals surface area contributed by atoms with Crippen LogP contribution < -0.4 is 14.8 Å². The van der Waals surface area contributed by atoms with E-state index < -0.39 is 0 Å². The Morgan fingerprint density at radius 3 is 2.79 bits per heavy atom. The summed E-state index contributed by atoms with van der Waals surface area (Å²) in [6.07, 6.45) is 1.03. The Bertz CT molecular complexity index is 952. The van der Waals surface area contributed by atoms with E-state index >= 15 is 0 Å². The molecule has 0 fully saturated rings. The first kappa shape index (κ1) is 19.9. The molecule has 0 atom stereocenters. The number of carbonyl (C=O) groups excluding carboxylic acids is 1. The third-order valence-corrected chi connectivity index (χ3v) is 5.04. The molecule has 3 rings (SSSR count). The number of hydrogen-bond acceptors (Lipinski definition) is 5. The molecule has 1 aromatic heterocycles. The van der Waals surface area contributed by atoms with E-state index in [1.165, 1.54) is 11.3 Å². The number of anilines is 1. The molecule has 0 spiro atoms. The van der Waals surface area contributed by atoms with Gasteiger partial charge < -0.3 is 14.8 Å². The van der Waals surface area contributed by atoms with Gasteiger partial charge in [-0.2, -0.15) is 0 Å². The number of nitrogens with one attached hydrogen (secondary N) is 1. The van der Waals surface area contributed by atoms with Crippen LogP contribution in [0.1, 0.15) is 24.0 Å². The Labute approximate surface area is 169 Å². The number of aryl methyl sites for hydroxylation is 2. The highest BCUT2D eigenvalue weighted by atomic mass is 32.1. The number of para-hydroxylation sites is 1. The molecule has 0 aliphatic heterocycles. The first-order chi connectivity index (χ1) is 13.6. The molecule has 0 aliphatic carbocycles. The van der Waals surface area contributed by atoms with Gasteiger partial charge in [-0.05, 0) is 49.6 Å². The van der Waals surface area contributed by atoms with Crippen LogP contribution in [0.15, 0.2) is 47.8 Å². The minimum atomic E-state index is -0.0644. The van der Waals surface area contributed by atoms with Gasteiger partial charge in [-0.25, -0.2) is 4.98 Å². The van der Waals surface area contributed by atoms with Crippen molar-refractivity contribution in [1.82, 2.24) is 4.98 Å². The van der Waals surface area contributed by atoms with Crippen LogP contribution in [0.25, 0.3) is 11.3 Å². The van der Waals surface area contributed by atoms with Gasteiger partial charge in [-0.3, -0.25) is 4.79 Å². The summed E-state index contributed by atoms with van der Waals surface area (Å²) in [5.74, 6) is 1.57. The molecule has 1 amide bonds. The lowest BCUT2D eigenvalue weighted by atomic mass is 10.1. The minimum Gasteiger partial charge on any atom is -0.496 e. The van der Waals surface area contributed by atoms with Gasteiger partial charge in [0.2, 0.25) is 5.91 Å². The van der Waals surface area contributed by atoms with Crippen molar-refractivity contribution in [2.24, 2.45) is 0 Å². The van der Waals surface area contributed by atoms with Crippen molar-refractivity contribution in [3.63, 3.8) is 0 Å². The van der Waals surface area contributed by atoms with Crippen LogP contribution in [0.2, 0.25) is 0 Å². The van der Waals surface area contributed by atoms with Crippen molar-refractivity contribution in [2.45, 2.75) is 26.7 Å². The number of benzene rings is 2. The predicted molar refractivity (Wildman–Crippen MR) is 113 cm³/mol. The second kappa shape index (κ2) is 9.37. The highest BCUT2D eigenvalue weighted by Gasteiger charge is 2.11. The van der Waals surface area contributed by atoms with Crippen molar-refractivity contribution in [2.75, 3.05) is 19.0 Å². The van der Waals surface area contributed by atoms with Crippen molar-refractivity contribution in [1.29, 1.82) is 0 Å². The quantitative estimate of drug-likeness (QED) is 0.530. The molecule has 3 aromatic rings. The first-order valence-electron chi connectivity index (χ1n) is 9.15. The first-order valence-corrected chi connectivity index (χ1v) is 10.0. The lowest BCUT2D eigenvalue weighted by molar-refractivity contribution is -0.116. The molecule has 1 heterocycles. The molecule has 0 radical (unpaired) electrons. The fraction of sp³-hybridized carbons (Fsp3) is 0.273. The van der Waals surface area contributed by atoms with E-state index in [1.54, 1.807) is 7.11 Å². The highest BCUT2D eigenvalue weighted by molar-refractivity contribution is 7.14. The SMILES string of the molecule is COc1ccccc1-c1csc(NC(=O)CCCOc2cc(C)ccc2C)n1. The summed E-state index contributed by atoms with van der Waals surface area (Å²) < 4.78 is 11.2. The molecule has 1 N–H and O–H groups in total. The van der Waals surface area contributed by atoms with Gasteiger partial charge in [0, 0.05) is 17.4 Å². The molecule has 5 nitrogen and oxygen atoms in total. The van der Waals surface area contributed by atoms with Crippen molar-refractivity contribution >= 4 is 22.4 Å². The Morgan fingerprint density at radius 2 is 1.96 bits per heavy atom. The van der Waals surface area contributed by atoms with E-state index in [4.69, 9.17) is 9.47 Å². The van der Waals surface area contributed by atoms with Gasteiger partial charge in [0.05, 0.1) is 19.4 Å². The highest BCUT2D eigenvalue weighted by Crippen LogP contribution is 2.31. The average molecular weight is 397 g/mol. The number of thiazole rings is 1. The largest absolute Gasteiger partial charge is 0.496 e. The topological polar surface area (TPSA) is 60.5 Å². The summed E-state index contributed by atoms with van der Waals surface area (Å²) in [4.78, 5) is 16.7. The summed E-state index contributed by atoms with van der Waals surface area (Å²) in [5.41, 5.74) is 3.95. The molecule has 2 aromatic carbocycles. The molecule has 6 heteroatoms. The second-order valence-corrected chi connectivity index (χ2v) is 7.37. The fourth-order valence-electron chi connectivity index (χ4n) is 2.77. The minimum absolute atomic E-state index is 0.0644. The number of carbonyl (C=O) groups is 1. The van der Waals surface area contributed by atoms with Crippen LogP contribution in [-0.2, 0) is 4.79 Å². The van der Waals surface area contributed by atoms with Gasteiger partial charge in [0.1, 0.15) is 11.5 Å².